The summed E-state index contributed by atoms with van der Waals surface area (Å²) < 4.78 is 5.75. The molecule has 5 heteroatoms. The summed E-state index contributed by atoms with van der Waals surface area (Å²) in [7, 11) is 3.43. The number of benzene rings is 2. The van der Waals surface area contributed by atoms with Crippen LogP contribution in [0, 0.1) is 0 Å². The summed E-state index contributed by atoms with van der Waals surface area (Å²) in [5, 5.41) is 2.87. The summed E-state index contributed by atoms with van der Waals surface area (Å²) >= 11 is 0. The Morgan fingerprint density at radius 1 is 1.00 bits per heavy atom. The molecule has 2 rings (SSSR count). The first-order valence-electron chi connectivity index (χ1n) is 9.43. The highest BCUT2D eigenvalue weighted by molar-refractivity contribution is 5.93. The molecule has 0 aliphatic carbocycles. The second-order valence-corrected chi connectivity index (χ2v) is 8.15. The van der Waals surface area contributed by atoms with E-state index in [9.17, 15) is 9.59 Å². The van der Waals surface area contributed by atoms with Crippen molar-refractivity contribution in [2.75, 3.05) is 14.1 Å². The summed E-state index contributed by atoms with van der Waals surface area (Å²) in [5.74, 6) is 0.436. The van der Waals surface area contributed by atoms with Crippen LogP contribution in [0.25, 0.3) is 0 Å². The van der Waals surface area contributed by atoms with Crippen LogP contribution in [-0.4, -0.2) is 36.9 Å². The molecule has 0 spiro atoms. The number of nitrogens with one attached hydrogen (secondary N) is 1. The number of ether oxygens (including phenoxy) is 1. The Morgan fingerprint density at radius 3 is 2.07 bits per heavy atom. The van der Waals surface area contributed by atoms with Crippen LogP contribution in [0.15, 0.2) is 48.5 Å². The van der Waals surface area contributed by atoms with E-state index in [2.05, 4.69) is 26.1 Å². The van der Waals surface area contributed by atoms with Gasteiger partial charge < -0.3 is 15.0 Å². The lowest BCUT2D eigenvalue weighted by Gasteiger charge is -2.20. The molecule has 0 aliphatic heterocycles. The Balaban J connectivity index is 1.88. The number of nitrogens with zero attached hydrogens (tertiary/aromatic N) is 1. The van der Waals surface area contributed by atoms with Crippen molar-refractivity contribution in [1.82, 2.24) is 10.2 Å². The number of amides is 2. The molecule has 0 bridgehead atoms. The maximum absolute atomic E-state index is 12.3. The van der Waals surface area contributed by atoms with Crippen LogP contribution in [0.5, 0.6) is 5.75 Å². The highest BCUT2D eigenvalue weighted by Gasteiger charge is 2.16. The van der Waals surface area contributed by atoms with E-state index >= 15 is 0 Å². The molecule has 0 aliphatic rings. The van der Waals surface area contributed by atoms with Gasteiger partial charge >= 0.3 is 0 Å². The van der Waals surface area contributed by atoms with Crippen molar-refractivity contribution in [2.24, 2.45) is 0 Å². The molecule has 150 valence electrons. The number of hydrogen-bond acceptors (Lipinski definition) is 3. The Hall–Kier alpha value is -2.82. The van der Waals surface area contributed by atoms with Crippen LogP contribution in [0.3, 0.4) is 0 Å². The van der Waals surface area contributed by atoms with Gasteiger partial charge in [0, 0.05) is 26.2 Å². The molecule has 1 N–H and O–H groups in total. The fraction of sp³-hybridized carbons (Fsp3) is 0.391. The molecule has 2 aromatic carbocycles. The minimum absolute atomic E-state index is 0.0462. The maximum atomic E-state index is 12.3. The summed E-state index contributed by atoms with van der Waals surface area (Å²) in [6.45, 7) is 8.57. The smallest absolute Gasteiger partial charge is 0.261 e. The Bertz CT molecular complexity index is 803. The second kappa shape index (κ2) is 8.91. The average molecular weight is 383 g/mol. The average Bonchev–Trinajstić information content (AvgIpc) is 2.65. The van der Waals surface area contributed by atoms with E-state index in [0.717, 1.165) is 5.56 Å². The SMILES string of the molecule is CC(Oc1ccc(C(C)(C)C)cc1)C(=O)NCc1ccc(C(=O)N(C)C)cc1. The highest BCUT2D eigenvalue weighted by Crippen LogP contribution is 2.24. The third-order valence-electron chi connectivity index (χ3n) is 4.48. The van der Waals surface area contributed by atoms with E-state index in [-0.39, 0.29) is 17.2 Å². The van der Waals surface area contributed by atoms with Crippen molar-refractivity contribution in [1.29, 1.82) is 0 Å². The number of carbonyl (C=O) groups is 2. The third-order valence-corrected chi connectivity index (χ3v) is 4.48. The van der Waals surface area contributed by atoms with Crippen LogP contribution in [0.1, 0.15) is 49.2 Å². The molecule has 0 radical (unpaired) electrons. The van der Waals surface area contributed by atoms with Crippen molar-refractivity contribution in [3.63, 3.8) is 0 Å². The summed E-state index contributed by atoms with van der Waals surface area (Å²) in [6.07, 6.45) is -0.602. The van der Waals surface area contributed by atoms with Gasteiger partial charge in [0.25, 0.3) is 11.8 Å². The van der Waals surface area contributed by atoms with Gasteiger partial charge in [-0.15, -0.1) is 0 Å². The monoisotopic (exact) mass is 382 g/mol. The van der Waals surface area contributed by atoms with Gasteiger partial charge in [0.15, 0.2) is 6.10 Å². The molecule has 0 saturated heterocycles. The van der Waals surface area contributed by atoms with Gasteiger partial charge in [-0.3, -0.25) is 9.59 Å². The zero-order valence-electron chi connectivity index (χ0n) is 17.6. The van der Waals surface area contributed by atoms with Crippen molar-refractivity contribution in [3.8, 4) is 5.75 Å². The minimum Gasteiger partial charge on any atom is -0.481 e. The van der Waals surface area contributed by atoms with E-state index in [1.54, 1.807) is 33.2 Å². The van der Waals surface area contributed by atoms with Gasteiger partial charge in [-0.25, -0.2) is 0 Å². The number of carbonyl (C=O) groups excluding carboxylic acids is 2. The normalized spacial score (nSPS) is 12.2. The molecule has 28 heavy (non-hydrogen) atoms. The van der Waals surface area contributed by atoms with Crippen LogP contribution in [0.4, 0.5) is 0 Å². The van der Waals surface area contributed by atoms with E-state index < -0.39 is 6.10 Å². The van der Waals surface area contributed by atoms with Gasteiger partial charge in [0.05, 0.1) is 0 Å². The van der Waals surface area contributed by atoms with Crippen LogP contribution < -0.4 is 10.1 Å². The van der Waals surface area contributed by atoms with Crippen molar-refractivity contribution in [3.05, 3.63) is 65.2 Å². The standard InChI is InChI=1S/C23H30N2O3/c1-16(28-20-13-11-19(12-14-20)23(2,3)4)21(26)24-15-17-7-9-18(10-8-17)22(27)25(5)6/h7-14,16H,15H2,1-6H3,(H,24,26). The first-order chi connectivity index (χ1) is 13.1. The molecular weight excluding hydrogens is 352 g/mol. The van der Waals surface area contributed by atoms with E-state index in [4.69, 9.17) is 4.74 Å². The van der Waals surface area contributed by atoms with E-state index in [1.807, 2.05) is 36.4 Å². The van der Waals surface area contributed by atoms with Crippen LogP contribution in [-0.2, 0) is 16.8 Å². The zero-order valence-corrected chi connectivity index (χ0v) is 17.6. The summed E-state index contributed by atoms with van der Waals surface area (Å²) in [4.78, 5) is 25.7. The fourth-order valence-electron chi connectivity index (χ4n) is 2.65. The molecule has 2 aromatic rings. The quantitative estimate of drug-likeness (QED) is 0.827. The molecule has 5 nitrogen and oxygen atoms in total. The summed E-state index contributed by atoms with van der Waals surface area (Å²) in [6, 6.07) is 15.0. The molecule has 1 unspecified atom stereocenters. The van der Waals surface area contributed by atoms with E-state index in [0.29, 0.717) is 17.9 Å². The molecule has 0 fully saturated rings. The first kappa shape index (κ1) is 21.5. The van der Waals surface area contributed by atoms with Crippen molar-refractivity contribution < 1.29 is 14.3 Å². The van der Waals surface area contributed by atoms with E-state index in [1.165, 1.54) is 10.5 Å². The highest BCUT2D eigenvalue weighted by atomic mass is 16.5. The van der Waals surface area contributed by atoms with Crippen LogP contribution in [0.2, 0.25) is 0 Å². The number of rotatable bonds is 6. The van der Waals surface area contributed by atoms with Crippen molar-refractivity contribution in [2.45, 2.75) is 45.8 Å². The predicted molar refractivity (Wildman–Crippen MR) is 112 cm³/mol. The molecule has 1 atom stereocenters. The number of hydrogen-bond donors (Lipinski definition) is 1. The van der Waals surface area contributed by atoms with Crippen molar-refractivity contribution >= 4 is 11.8 Å². The maximum Gasteiger partial charge on any atom is 0.261 e. The molecule has 2 amide bonds. The predicted octanol–water partition coefficient (Wildman–Crippen LogP) is 3.77. The first-order valence-corrected chi connectivity index (χ1v) is 9.43. The van der Waals surface area contributed by atoms with Gasteiger partial charge in [-0.2, -0.15) is 0 Å². The molecule has 0 aromatic heterocycles. The minimum atomic E-state index is -0.602. The lowest BCUT2D eigenvalue weighted by Crippen LogP contribution is -2.35. The second-order valence-electron chi connectivity index (χ2n) is 8.15. The Kier molecular flexibility index (Phi) is 6.84. The lowest BCUT2D eigenvalue weighted by atomic mass is 9.87. The molecule has 0 heterocycles. The van der Waals surface area contributed by atoms with Gasteiger partial charge in [-0.1, -0.05) is 45.0 Å². The van der Waals surface area contributed by atoms with Crippen LogP contribution >= 0.6 is 0 Å². The third kappa shape index (κ3) is 5.84. The lowest BCUT2D eigenvalue weighted by molar-refractivity contribution is -0.127. The topological polar surface area (TPSA) is 58.6 Å². The Morgan fingerprint density at radius 2 is 1.57 bits per heavy atom. The summed E-state index contributed by atoms with van der Waals surface area (Å²) in [5.41, 5.74) is 2.84. The van der Waals surface area contributed by atoms with Gasteiger partial charge in [0.2, 0.25) is 0 Å². The molecule has 0 saturated carbocycles. The largest absolute Gasteiger partial charge is 0.481 e. The Labute approximate surface area is 167 Å². The van der Waals surface area contributed by atoms with Gasteiger partial charge in [0.1, 0.15) is 5.75 Å². The zero-order chi connectivity index (χ0) is 20.9. The molecular formula is C23H30N2O3. The van der Waals surface area contributed by atoms with Gasteiger partial charge in [-0.05, 0) is 47.7 Å². The fourth-order valence-corrected chi connectivity index (χ4v) is 2.65.